The van der Waals surface area contributed by atoms with E-state index in [-0.39, 0.29) is 29.9 Å². The molecule has 8 heteroatoms. The van der Waals surface area contributed by atoms with E-state index in [0.29, 0.717) is 24.7 Å². The fourth-order valence-electron chi connectivity index (χ4n) is 2.15. The van der Waals surface area contributed by atoms with E-state index in [0.717, 1.165) is 19.3 Å². The Labute approximate surface area is 137 Å². The van der Waals surface area contributed by atoms with Crippen molar-refractivity contribution in [1.82, 2.24) is 4.72 Å². The van der Waals surface area contributed by atoms with Gasteiger partial charge in [-0.15, -0.1) is 12.4 Å². The average molecular weight is 351 g/mol. The van der Waals surface area contributed by atoms with Crippen LogP contribution in [0.25, 0.3) is 0 Å². The first kappa shape index (κ1) is 19.0. The predicted octanol–water partition coefficient (Wildman–Crippen LogP) is 1.68. The van der Waals surface area contributed by atoms with E-state index in [1.165, 1.54) is 12.1 Å². The highest BCUT2D eigenvalue weighted by molar-refractivity contribution is 7.89. The largest absolute Gasteiger partial charge is 0.486 e. The van der Waals surface area contributed by atoms with Crippen LogP contribution in [0.5, 0.6) is 11.5 Å². The van der Waals surface area contributed by atoms with Crippen LogP contribution in [0, 0.1) is 0 Å². The van der Waals surface area contributed by atoms with E-state index in [1.54, 1.807) is 6.07 Å². The van der Waals surface area contributed by atoms with Gasteiger partial charge in [0.05, 0.1) is 4.90 Å². The number of sulfonamides is 1. The SMILES string of the molecule is CCCCC(CN)NS(=O)(=O)c1ccc2c(c1)OCCO2.Cl. The smallest absolute Gasteiger partial charge is 0.241 e. The average Bonchev–Trinajstić information content (AvgIpc) is 2.50. The van der Waals surface area contributed by atoms with Crippen molar-refractivity contribution in [1.29, 1.82) is 0 Å². The number of fused-ring (bicyclic) bond motifs is 1. The van der Waals surface area contributed by atoms with Gasteiger partial charge in [0.15, 0.2) is 11.5 Å². The molecule has 0 aliphatic carbocycles. The molecule has 1 heterocycles. The molecule has 1 unspecified atom stereocenters. The van der Waals surface area contributed by atoms with Gasteiger partial charge in [0.2, 0.25) is 10.0 Å². The molecule has 0 saturated heterocycles. The molecule has 1 aromatic carbocycles. The van der Waals surface area contributed by atoms with Crippen LogP contribution in [0.2, 0.25) is 0 Å². The summed E-state index contributed by atoms with van der Waals surface area (Å²) in [6.45, 7) is 3.24. The van der Waals surface area contributed by atoms with E-state index < -0.39 is 10.0 Å². The second-order valence-electron chi connectivity index (χ2n) is 5.00. The lowest BCUT2D eigenvalue weighted by atomic mass is 10.1. The van der Waals surface area contributed by atoms with Crippen LogP contribution in [0.1, 0.15) is 26.2 Å². The molecule has 1 aliphatic rings. The van der Waals surface area contributed by atoms with Crippen molar-refractivity contribution >= 4 is 22.4 Å². The van der Waals surface area contributed by atoms with Crippen molar-refractivity contribution in [3.8, 4) is 11.5 Å². The molecule has 1 atom stereocenters. The lowest BCUT2D eigenvalue weighted by Crippen LogP contribution is -2.40. The minimum Gasteiger partial charge on any atom is -0.486 e. The molecule has 0 saturated carbocycles. The van der Waals surface area contributed by atoms with E-state index in [2.05, 4.69) is 11.6 Å². The molecule has 3 N–H and O–H groups in total. The summed E-state index contributed by atoms with van der Waals surface area (Å²) in [5.74, 6) is 1.03. The van der Waals surface area contributed by atoms with Gasteiger partial charge in [-0.1, -0.05) is 19.8 Å². The molecule has 0 fully saturated rings. The van der Waals surface area contributed by atoms with Crippen LogP contribution >= 0.6 is 12.4 Å². The Morgan fingerprint density at radius 1 is 1.27 bits per heavy atom. The summed E-state index contributed by atoms with van der Waals surface area (Å²) >= 11 is 0. The minimum atomic E-state index is -3.60. The molecule has 126 valence electrons. The van der Waals surface area contributed by atoms with Crippen LogP contribution < -0.4 is 19.9 Å². The third-order valence-electron chi connectivity index (χ3n) is 3.34. The Kier molecular flexibility index (Phi) is 7.41. The Bertz CT molecular complexity index is 580. The number of rotatable bonds is 7. The van der Waals surface area contributed by atoms with Crippen LogP contribution in [-0.2, 0) is 10.0 Å². The van der Waals surface area contributed by atoms with Gasteiger partial charge in [0, 0.05) is 18.7 Å². The van der Waals surface area contributed by atoms with Crippen LogP contribution in [-0.4, -0.2) is 34.2 Å². The quantitative estimate of drug-likeness (QED) is 0.780. The lowest BCUT2D eigenvalue weighted by molar-refractivity contribution is 0.171. The number of halogens is 1. The zero-order valence-corrected chi connectivity index (χ0v) is 14.2. The van der Waals surface area contributed by atoms with Gasteiger partial charge in [0.1, 0.15) is 13.2 Å². The topological polar surface area (TPSA) is 90.7 Å². The normalized spacial score (nSPS) is 15.0. The fraction of sp³-hybridized carbons (Fsp3) is 0.571. The first-order chi connectivity index (χ1) is 10.1. The summed E-state index contributed by atoms with van der Waals surface area (Å²) in [7, 11) is -3.60. The first-order valence-electron chi connectivity index (χ1n) is 7.19. The lowest BCUT2D eigenvalue weighted by Gasteiger charge is -2.20. The third-order valence-corrected chi connectivity index (χ3v) is 4.85. The Balaban J connectivity index is 0.00000242. The Morgan fingerprint density at radius 2 is 1.95 bits per heavy atom. The maximum absolute atomic E-state index is 12.4. The zero-order chi connectivity index (χ0) is 15.3. The molecular weight excluding hydrogens is 328 g/mol. The maximum Gasteiger partial charge on any atom is 0.241 e. The summed E-state index contributed by atoms with van der Waals surface area (Å²) in [6.07, 6.45) is 2.67. The second kappa shape index (κ2) is 8.57. The molecule has 0 bridgehead atoms. The number of unbranched alkanes of at least 4 members (excludes halogenated alkanes) is 1. The van der Waals surface area contributed by atoms with Gasteiger partial charge >= 0.3 is 0 Å². The van der Waals surface area contributed by atoms with E-state index >= 15 is 0 Å². The number of nitrogens with one attached hydrogen (secondary N) is 1. The standard InChI is InChI=1S/C14H22N2O4S.ClH/c1-2-3-4-11(10-15)16-21(17,18)12-5-6-13-14(9-12)20-8-7-19-13;/h5-6,9,11,16H,2-4,7-8,10,15H2,1H3;1H. The third kappa shape index (κ3) is 4.74. The highest BCUT2D eigenvalue weighted by Gasteiger charge is 2.22. The summed E-state index contributed by atoms with van der Waals surface area (Å²) < 4.78 is 38.2. The maximum atomic E-state index is 12.4. The van der Waals surface area contributed by atoms with E-state index in [1.807, 2.05) is 0 Å². The van der Waals surface area contributed by atoms with Crippen molar-refractivity contribution in [2.75, 3.05) is 19.8 Å². The number of hydrogen-bond donors (Lipinski definition) is 2. The van der Waals surface area contributed by atoms with Crippen molar-refractivity contribution in [3.05, 3.63) is 18.2 Å². The predicted molar refractivity (Wildman–Crippen MR) is 87.4 cm³/mol. The summed E-state index contributed by atoms with van der Waals surface area (Å²) in [5.41, 5.74) is 5.64. The zero-order valence-electron chi connectivity index (χ0n) is 12.6. The highest BCUT2D eigenvalue weighted by Crippen LogP contribution is 2.32. The molecule has 0 spiro atoms. The summed E-state index contributed by atoms with van der Waals surface area (Å²) in [5, 5.41) is 0. The van der Waals surface area contributed by atoms with Crippen LogP contribution in [0.4, 0.5) is 0 Å². The van der Waals surface area contributed by atoms with Gasteiger partial charge in [-0.2, -0.15) is 0 Å². The first-order valence-corrected chi connectivity index (χ1v) is 8.67. The molecule has 1 aliphatic heterocycles. The van der Waals surface area contributed by atoms with Gasteiger partial charge in [-0.05, 0) is 18.6 Å². The molecule has 0 amide bonds. The van der Waals surface area contributed by atoms with Gasteiger partial charge in [-0.3, -0.25) is 0 Å². The molecule has 6 nitrogen and oxygen atoms in total. The van der Waals surface area contributed by atoms with Crippen LogP contribution in [0.15, 0.2) is 23.1 Å². The monoisotopic (exact) mass is 350 g/mol. The van der Waals surface area contributed by atoms with Gasteiger partial charge < -0.3 is 15.2 Å². The van der Waals surface area contributed by atoms with E-state index in [4.69, 9.17) is 15.2 Å². The molecule has 0 radical (unpaired) electrons. The minimum absolute atomic E-state index is 0. The summed E-state index contributed by atoms with van der Waals surface area (Å²) in [4.78, 5) is 0.168. The Hall–Kier alpha value is -1.02. The number of hydrogen-bond acceptors (Lipinski definition) is 5. The van der Waals surface area contributed by atoms with E-state index in [9.17, 15) is 8.42 Å². The number of ether oxygens (including phenoxy) is 2. The number of nitrogens with two attached hydrogens (primary N) is 1. The van der Waals surface area contributed by atoms with Crippen molar-refractivity contribution < 1.29 is 17.9 Å². The summed E-state index contributed by atoms with van der Waals surface area (Å²) in [6, 6.07) is 4.38. The van der Waals surface area contributed by atoms with Crippen LogP contribution in [0.3, 0.4) is 0 Å². The fourth-order valence-corrected chi connectivity index (χ4v) is 3.45. The molecule has 22 heavy (non-hydrogen) atoms. The second-order valence-corrected chi connectivity index (χ2v) is 6.72. The van der Waals surface area contributed by atoms with Crippen molar-refractivity contribution in [2.24, 2.45) is 5.73 Å². The molecule has 0 aromatic heterocycles. The molecule has 2 rings (SSSR count). The van der Waals surface area contributed by atoms with Crippen molar-refractivity contribution in [2.45, 2.75) is 37.1 Å². The number of benzene rings is 1. The van der Waals surface area contributed by atoms with Gasteiger partial charge in [-0.25, -0.2) is 13.1 Å². The molecule has 1 aromatic rings. The van der Waals surface area contributed by atoms with Crippen molar-refractivity contribution in [3.63, 3.8) is 0 Å². The highest BCUT2D eigenvalue weighted by atomic mass is 35.5. The molecular formula is C14H23ClN2O4S. The Morgan fingerprint density at radius 3 is 2.59 bits per heavy atom. The van der Waals surface area contributed by atoms with Gasteiger partial charge in [0.25, 0.3) is 0 Å².